The van der Waals surface area contributed by atoms with E-state index >= 15 is 0 Å². The number of anilines is 1. The summed E-state index contributed by atoms with van der Waals surface area (Å²) in [6.07, 6.45) is 4.04. The van der Waals surface area contributed by atoms with Crippen molar-refractivity contribution in [3.05, 3.63) is 42.2 Å². The zero-order chi connectivity index (χ0) is 21.2. The molecule has 1 N–H and O–H groups in total. The lowest BCUT2D eigenvalue weighted by Crippen LogP contribution is -2.33. The first-order valence-corrected chi connectivity index (χ1v) is 10.9. The van der Waals surface area contributed by atoms with Gasteiger partial charge in [-0.15, -0.1) is 0 Å². The minimum Gasteiger partial charge on any atom is -0.495 e. The highest BCUT2D eigenvalue weighted by atomic mass is 32.2. The van der Waals surface area contributed by atoms with Gasteiger partial charge in [0.2, 0.25) is 15.9 Å². The predicted octanol–water partition coefficient (Wildman–Crippen LogP) is 2.06. The van der Waals surface area contributed by atoms with E-state index in [1.165, 1.54) is 39.0 Å². The maximum absolute atomic E-state index is 12.8. The Morgan fingerprint density at radius 3 is 2.69 bits per heavy atom. The van der Waals surface area contributed by atoms with Crippen LogP contribution in [0, 0.1) is 0 Å². The lowest BCUT2D eigenvalue weighted by atomic mass is 10.1. The van der Waals surface area contributed by atoms with Gasteiger partial charge in [0.05, 0.1) is 30.3 Å². The first-order chi connectivity index (χ1) is 13.7. The lowest BCUT2D eigenvalue weighted by Gasteiger charge is -2.24. The Kier molecular flexibility index (Phi) is 6.30. The molecule has 1 aliphatic rings. The fourth-order valence-corrected chi connectivity index (χ4v) is 4.63. The molecule has 1 aromatic heterocycles. The molecule has 1 atom stereocenters. The molecule has 0 unspecified atom stereocenters. The first kappa shape index (κ1) is 21.4. The summed E-state index contributed by atoms with van der Waals surface area (Å²) in [4.78, 5) is 15.0. The largest absolute Gasteiger partial charge is 0.495 e. The van der Waals surface area contributed by atoms with Gasteiger partial charge in [-0.1, -0.05) is 0 Å². The zero-order valence-electron chi connectivity index (χ0n) is 17.3. The molecule has 1 aliphatic heterocycles. The van der Waals surface area contributed by atoms with Crippen molar-refractivity contribution in [1.82, 2.24) is 13.8 Å². The fraction of sp³-hybridized carbons (Fsp3) is 0.450. The molecule has 0 saturated carbocycles. The maximum Gasteiger partial charge on any atom is 0.242 e. The Morgan fingerprint density at radius 1 is 1.31 bits per heavy atom. The second-order valence-electron chi connectivity index (χ2n) is 7.37. The standard InChI is InChI=1S/C20H28N4O4S/c1-22(2)29(26,27)15-9-10-19(28-4)16(13-15)21-20(25)14-24-12-6-8-18(24)17-7-5-11-23(17)3/h5,7,9-11,13,18H,6,8,12,14H2,1-4H3,(H,21,25)/t18-/m0/s1. The van der Waals surface area contributed by atoms with Crippen molar-refractivity contribution in [2.24, 2.45) is 7.05 Å². The summed E-state index contributed by atoms with van der Waals surface area (Å²) >= 11 is 0. The van der Waals surface area contributed by atoms with Crippen LogP contribution in [-0.2, 0) is 21.9 Å². The molecule has 29 heavy (non-hydrogen) atoms. The van der Waals surface area contributed by atoms with Crippen LogP contribution < -0.4 is 10.1 Å². The molecule has 1 saturated heterocycles. The number of aryl methyl sites for hydroxylation is 1. The van der Waals surface area contributed by atoms with Crippen LogP contribution in [0.5, 0.6) is 5.75 Å². The average Bonchev–Trinajstić information content (AvgIpc) is 3.29. The molecule has 1 fully saturated rings. The van der Waals surface area contributed by atoms with Crippen LogP contribution in [0.2, 0.25) is 0 Å². The van der Waals surface area contributed by atoms with E-state index in [4.69, 9.17) is 4.74 Å². The summed E-state index contributed by atoms with van der Waals surface area (Å²) in [6.45, 7) is 1.07. The Labute approximate surface area is 172 Å². The Balaban J connectivity index is 1.77. The van der Waals surface area contributed by atoms with Crippen LogP contribution >= 0.6 is 0 Å². The highest BCUT2D eigenvalue weighted by Gasteiger charge is 2.29. The summed E-state index contributed by atoms with van der Waals surface area (Å²) in [6, 6.07) is 8.74. The zero-order valence-corrected chi connectivity index (χ0v) is 18.1. The van der Waals surface area contributed by atoms with Gasteiger partial charge >= 0.3 is 0 Å². The molecule has 2 aromatic rings. The van der Waals surface area contributed by atoms with Gasteiger partial charge in [-0.25, -0.2) is 12.7 Å². The van der Waals surface area contributed by atoms with E-state index in [-0.39, 0.29) is 23.4 Å². The molecule has 3 rings (SSSR count). The Hall–Kier alpha value is -2.36. The molecule has 8 nitrogen and oxygen atoms in total. The van der Waals surface area contributed by atoms with E-state index in [1.54, 1.807) is 6.07 Å². The van der Waals surface area contributed by atoms with Crippen molar-refractivity contribution in [2.45, 2.75) is 23.8 Å². The van der Waals surface area contributed by atoms with Crippen molar-refractivity contribution in [2.75, 3.05) is 39.6 Å². The van der Waals surface area contributed by atoms with Gasteiger partial charge in [-0.2, -0.15) is 0 Å². The number of amides is 1. The molecule has 2 heterocycles. The number of nitrogens with zero attached hydrogens (tertiary/aromatic N) is 3. The summed E-state index contributed by atoms with van der Waals surface area (Å²) in [7, 11) is 2.81. The summed E-state index contributed by atoms with van der Waals surface area (Å²) in [5.74, 6) is 0.209. The number of rotatable bonds is 7. The van der Waals surface area contributed by atoms with E-state index in [9.17, 15) is 13.2 Å². The highest BCUT2D eigenvalue weighted by Crippen LogP contribution is 2.32. The first-order valence-electron chi connectivity index (χ1n) is 9.49. The van der Waals surface area contributed by atoms with E-state index in [2.05, 4.69) is 20.9 Å². The van der Waals surface area contributed by atoms with Gasteiger partial charge in [0, 0.05) is 33.0 Å². The number of hydrogen-bond donors (Lipinski definition) is 1. The van der Waals surface area contributed by atoms with Gasteiger partial charge in [-0.3, -0.25) is 9.69 Å². The molecular weight excluding hydrogens is 392 g/mol. The van der Waals surface area contributed by atoms with Crippen molar-refractivity contribution < 1.29 is 17.9 Å². The third kappa shape index (κ3) is 4.47. The fourth-order valence-electron chi connectivity index (χ4n) is 3.70. The van der Waals surface area contributed by atoms with Crippen LogP contribution in [0.15, 0.2) is 41.4 Å². The number of carbonyl (C=O) groups is 1. The van der Waals surface area contributed by atoms with E-state index < -0.39 is 10.0 Å². The van der Waals surface area contributed by atoms with Crippen LogP contribution in [-0.4, -0.2) is 62.4 Å². The normalized spacial score (nSPS) is 17.6. The van der Waals surface area contributed by atoms with Crippen molar-refractivity contribution in [3.63, 3.8) is 0 Å². The van der Waals surface area contributed by atoms with Crippen LogP contribution in [0.4, 0.5) is 5.69 Å². The third-order valence-electron chi connectivity index (χ3n) is 5.26. The molecule has 0 spiro atoms. The van der Waals surface area contributed by atoms with E-state index in [0.29, 0.717) is 11.4 Å². The number of sulfonamides is 1. The molecular formula is C20H28N4O4S. The third-order valence-corrected chi connectivity index (χ3v) is 7.07. The number of carbonyl (C=O) groups excluding carboxylic acids is 1. The number of ether oxygens (including phenoxy) is 1. The molecule has 0 bridgehead atoms. The minimum absolute atomic E-state index is 0.0986. The van der Waals surface area contributed by atoms with Crippen LogP contribution in [0.1, 0.15) is 24.6 Å². The van der Waals surface area contributed by atoms with Crippen LogP contribution in [0.3, 0.4) is 0 Å². The number of benzene rings is 1. The van der Waals surface area contributed by atoms with Gasteiger partial charge in [-0.05, 0) is 49.7 Å². The number of hydrogen-bond acceptors (Lipinski definition) is 5. The predicted molar refractivity (Wildman–Crippen MR) is 111 cm³/mol. The minimum atomic E-state index is -3.61. The molecule has 0 aliphatic carbocycles. The number of aromatic nitrogens is 1. The summed E-state index contributed by atoms with van der Waals surface area (Å²) in [5, 5.41) is 2.82. The van der Waals surface area contributed by atoms with Crippen molar-refractivity contribution >= 4 is 21.6 Å². The van der Waals surface area contributed by atoms with Crippen LogP contribution in [0.25, 0.3) is 0 Å². The maximum atomic E-state index is 12.8. The summed E-state index contributed by atoms with van der Waals surface area (Å²) in [5.41, 5.74) is 1.53. The quantitative estimate of drug-likeness (QED) is 0.741. The van der Waals surface area contributed by atoms with Gasteiger partial charge < -0.3 is 14.6 Å². The average molecular weight is 421 g/mol. The SMILES string of the molecule is COc1ccc(S(=O)(=O)N(C)C)cc1NC(=O)CN1CCC[C@H]1c1cccn1C. The van der Waals surface area contributed by atoms with E-state index in [0.717, 1.165) is 23.7 Å². The number of methoxy groups -OCH3 is 1. The Morgan fingerprint density at radius 2 is 2.07 bits per heavy atom. The smallest absolute Gasteiger partial charge is 0.242 e. The number of likely N-dealkylation sites (tertiary alicyclic amines) is 1. The molecule has 1 amide bonds. The second kappa shape index (κ2) is 8.56. The van der Waals surface area contributed by atoms with Gasteiger partial charge in [0.15, 0.2) is 0 Å². The second-order valence-corrected chi connectivity index (χ2v) is 9.52. The Bertz CT molecular complexity index is 984. The molecule has 158 valence electrons. The summed E-state index contributed by atoms with van der Waals surface area (Å²) < 4.78 is 33.3. The molecule has 0 radical (unpaired) electrons. The molecule has 9 heteroatoms. The lowest BCUT2D eigenvalue weighted by molar-refractivity contribution is -0.117. The van der Waals surface area contributed by atoms with Crippen molar-refractivity contribution in [1.29, 1.82) is 0 Å². The van der Waals surface area contributed by atoms with Gasteiger partial charge in [0.1, 0.15) is 5.75 Å². The van der Waals surface area contributed by atoms with E-state index in [1.807, 2.05) is 19.3 Å². The molecule has 1 aromatic carbocycles. The highest BCUT2D eigenvalue weighted by molar-refractivity contribution is 7.89. The topological polar surface area (TPSA) is 83.9 Å². The van der Waals surface area contributed by atoms with Gasteiger partial charge in [0.25, 0.3) is 0 Å². The monoisotopic (exact) mass is 420 g/mol. The van der Waals surface area contributed by atoms with Crippen molar-refractivity contribution in [3.8, 4) is 5.75 Å². The number of nitrogens with one attached hydrogen (secondary N) is 1.